The van der Waals surface area contributed by atoms with Crippen LogP contribution in [0, 0.1) is 28.6 Å². The van der Waals surface area contributed by atoms with Crippen LogP contribution in [0.2, 0.25) is 0 Å². The number of ether oxygens (including phenoxy) is 2. The molecule has 0 bridgehead atoms. The van der Waals surface area contributed by atoms with E-state index in [0.717, 1.165) is 0 Å². The molecular weight excluding hydrogens is 258 g/mol. The van der Waals surface area contributed by atoms with Crippen molar-refractivity contribution < 1.29 is 19.1 Å². The second-order valence-electron chi connectivity index (χ2n) is 6.40. The summed E-state index contributed by atoms with van der Waals surface area (Å²) in [5, 5.41) is 9.12. The van der Waals surface area contributed by atoms with Gasteiger partial charge in [-0.15, -0.1) is 0 Å². The quantitative estimate of drug-likeness (QED) is 0.740. The Morgan fingerprint density at radius 3 is 2.80 bits per heavy atom. The average molecular weight is 279 g/mol. The standard InChI is InChI=1S/C15H21NO4/c1-4-15(2,3)14(18)19-11-6-9(8-16)5-10-7-12(17)20-13(10)11/h9-11,13H,4-7H2,1-3H3. The SMILES string of the molecule is CCC(C)(C)C(=O)OC1CC(C#N)CC2CC(=O)OC21. The first-order chi connectivity index (χ1) is 9.37. The van der Waals surface area contributed by atoms with Gasteiger partial charge < -0.3 is 9.47 Å². The van der Waals surface area contributed by atoms with Crippen molar-refractivity contribution in [1.29, 1.82) is 5.26 Å². The van der Waals surface area contributed by atoms with Crippen LogP contribution in [0.25, 0.3) is 0 Å². The molecule has 4 unspecified atom stereocenters. The highest BCUT2D eigenvalue weighted by Gasteiger charge is 2.48. The van der Waals surface area contributed by atoms with E-state index < -0.39 is 11.5 Å². The molecule has 1 aliphatic carbocycles. The molecule has 0 aromatic heterocycles. The Balaban J connectivity index is 2.10. The smallest absolute Gasteiger partial charge is 0.311 e. The monoisotopic (exact) mass is 279 g/mol. The van der Waals surface area contributed by atoms with Crippen LogP contribution in [0.4, 0.5) is 0 Å². The zero-order valence-electron chi connectivity index (χ0n) is 12.2. The number of fused-ring (bicyclic) bond motifs is 1. The lowest BCUT2D eigenvalue weighted by molar-refractivity contribution is -0.174. The summed E-state index contributed by atoms with van der Waals surface area (Å²) >= 11 is 0. The molecule has 0 radical (unpaired) electrons. The van der Waals surface area contributed by atoms with Gasteiger partial charge in [0.05, 0.1) is 23.8 Å². The third-order valence-corrected chi connectivity index (χ3v) is 4.51. The summed E-state index contributed by atoms with van der Waals surface area (Å²) in [5.41, 5.74) is -0.558. The number of nitrogens with zero attached hydrogens (tertiary/aromatic N) is 1. The molecule has 1 saturated heterocycles. The van der Waals surface area contributed by atoms with E-state index in [9.17, 15) is 9.59 Å². The Hall–Kier alpha value is -1.57. The van der Waals surface area contributed by atoms with Gasteiger partial charge in [0.25, 0.3) is 0 Å². The van der Waals surface area contributed by atoms with Crippen molar-refractivity contribution in [2.45, 2.75) is 58.7 Å². The molecule has 1 saturated carbocycles. The summed E-state index contributed by atoms with van der Waals surface area (Å²) in [6.07, 6.45) is 1.25. The van der Waals surface area contributed by atoms with Crippen LogP contribution in [0.5, 0.6) is 0 Å². The van der Waals surface area contributed by atoms with E-state index in [1.807, 2.05) is 20.8 Å². The average Bonchev–Trinajstić information content (AvgIpc) is 2.78. The third kappa shape index (κ3) is 2.79. The lowest BCUT2D eigenvalue weighted by Crippen LogP contribution is -2.43. The lowest BCUT2D eigenvalue weighted by atomic mass is 9.78. The molecule has 0 amide bonds. The van der Waals surface area contributed by atoms with Crippen molar-refractivity contribution in [3.8, 4) is 6.07 Å². The summed E-state index contributed by atoms with van der Waals surface area (Å²) in [6.45, 7) is 5.59. The molecule has 4 atom stereocenters. The predicted molar refractivity (Wildman–Crippen MR) is 70.3 cm³/mol. The van der Waals surface area contributed by atoms with Crippen LogP contribution >= 0.6 is 0 Å². The Morgan fingerprint density at radius 1 is 1.50 bits per heavy atom. The first-order valence-electron chi connectivity index (χ1n) is 7.17. The normalized spacial score (nSPS) is 33.0. The van der Waals surface area contributed by atoms with Crippen molar-refractivity contribution in [3.63, 3.8) is 0 Å². The molecule has 0 spiro atoms. The van der Waals surface area contributed by atoms with Crippen molar-refractivity contribution >= 4 is 11.9 Å². The van der Waals surface area contributed by atoms with E-state index in [0.29, 0.717) is 25.7 Å². The molecule has 5 heteroatoms. The van der Waals surface area contributed by atoms with Gasteiger partial charge in [0.15, 0.2) is 0 Å². The molecule has 0 aromatic rings. The third-order valence-electron chi connectivity index (χ3n) is 4.51. The summed E-state index contributed by atoms with van der Waals surface area (Å²) < 4.78 is 10.9. The molecule has 0 N–H and O–H groups in total. The predicted octanol–water partition coefficient (Wildman–Crippen LogP) is 2.20. The van der Waals surface area contributed by atoms with E-state index in [-0.39, 0.29) is 29.9 Å². The molecule has 2 rings (SSSR count). The minimum absolute atomic E-state index is 0.00318. The highest BCUT2D eigenvalue weighted by Crippen LogP contribution is 2.40. The molecule has 1 heterocycles. The van der Waals surface area contributed by atoms with Gasteiger partial charge in [-0.25, -0.2) is 0 Å². The summed E-state index contributed by atoms with van der Waals surface area (Å²) in [6, 6.07) is 2.23. The van der Waals surface area contributed by atoms with E-state index in [1.165, 1.54) is 0 Å². The van der Waals surface area contributed by atoms with Crippen LogP contribution in [0.3, 0.4) is 0 Å². The van der Waals surface area contributed by atoms with Crippen molar-refractivity contribution in [3.05, 3.63) is 0 Å². The van der Waals surface area contributed by atoms with E-state index in [2.05, 4.69) is 6.07 Å². The zero-order chi connectivity index (χ0) is 14.9. The number of esters is 2. The van der Waals surface area contributed by atoms with E-state index >= 15 is 0 Å². The molecule has 5 nitrogen and oxygen atoms in total. The molecule has 20 heavy (non-hydrogen) atoms. The van der Waals surface area contributed by atoms with Crippen LogP contribution in [0.15, 0.2) is 0 Å². The van der Waals surface area contributed by atoms with Crippen LogP contribution < -0.4 is 0 Å². The number of hydrogen-bond acceptors (Lipinski definition) is 5. The largest absolute Gasteiger partial charge is 0.458 e. The van der Waals surface area contributed by atoms with E-state index in [1.54, 1.807) is 0 Å². The van der Waals surface area contributed by atoms with Gasteiger partial charge >= 0.3 is 11.9 Å². The number of rotatable bonds is 3. The van der Waals surface area contributed by atoms with Gasteiger partial charge in [-0.1, -0.05) is 6.92 Å². The Labute approximate surface area is 119 Å². The maximum absolute atomic E-state index is 12.2. The number of carbonyl (C=O) groups excluding carboxylic acids is 2. The first-order valence-corrected chi connectivity index (χ1v) is 7.17. The minimum atomic E-state index is -0.558. The maximum atomic E-state index is 12.2. The summed E-state index contributed by atoms with van der Waals surface area (Å²) in [4.78, 5) is 23.6. The molecule has 2 fully saturated rings. The fourth-order valence-corrected chi connectivity index (χ4v) is 2.76. The Kier molecular flexibility index (Phi) is 4.03. The van der Waals surface area contributed by atoms with Crippen LogP contribution in [0.1, 0.15) is 46.5 Å². The zero-order valence-corrected chi connectivity index (χ0v) is 12.2. The highest BCUT2D eigenvalue weighted by molar-refractivity contribution is 5.76. The molecule has 0 aromatic carbocycles. The number of hydrogen-bond donors (Lipinski definition) is 0. The van der Waals surface area contributed by atoms with Gasteiger partial charge in [0.2, 0.25) is 0 Å². The first kappa shape index (κ1) is 14.8. The van der Waals surface area contributed by atoms with Crippen LogP contribution in [-0.4, -0.2) is 24.1 Å². The van der Waals surface area contributed by atoms with Crippen molar-refractivity contribution in [1.82, 2.24) is 0 Å². The second kappa shape index (κ2) is 5.43. The van der Waals surface area contributed by atoms with Crippen molar-refractivity contribution in [2.75, 3.05) is 0 Å². The van der Waals surface area contributed by atoms with Gasteiger partial charge in [-0.05, 0) is 26.7 Å². The molecule has 2 aliphatic rings. The molecular formula is C15H21NO4. The highest BCUT2D eigenvalue weighted by atomic mass is 16.6. The Bertz CT molecular complexity index is 451. The van der Waals surface area contributed by atoms with Gasteiger partial charge in [0, 0.05) is 12.3 Å². The fraction of sp³-hybridized carbons (Fsp3) is 0.800. The fourth-order valence-electron chi connectivity index (χ4n) is 2.76. The number of nitriles is 1. The topological polar surface area (TPSA) is 76.4 Å². The minimum Gasteiger partial charge on any atom is -0.458 e. The maximum Gasteiger partial charge on any atom is 0.311 e. The summed E-state index contributed by atoms with van der Waals surface area (Å²) in [5.74, 6) is -0.712. The van der Waals surface area contributed by atoms with Crippen LogP contribution in [-0.2, 0) is 19.1 Å². The second-order valence-corrected chi connectivity index (χ2v) is 6.40. The molecule has 110 valence electrons. The van der Waals surface area contributed by atoms with E-state index in [4.69, 9.17) is 14.7 Å². The van der Waals surface area contributed by atoms with Gasteiger partial charge in [0.1, 0.15) is 12.2 Å². The van der Waals surface area contributed by atoms with Gasteiger partial charge in [-0.3, -0.25) is 9.59 Å². The number of carbonyl (C=O) groups is 2. The lowest BCUT2D eigenvalue weighted by Gasteiger charge is -2.35. The summed E-state index contributed by atoms with van der Waals surface area (Å²) in [7, 11) is 0. The van der Waals surface area contributed by atoms with Crippen molar-refractivity contribution in [2.24, 2.45) is 17.3 Å². The molecule has 1 aliphatic heterocycles. The van der Waals surface area contributed by atoms with Gasteiger partial charge in [-0.2, -0.15) is 5.26 Å². The Morgan fingerprint density at radius 2 is 2.20 bits per heavy atom.